The number of aliphatic carboxylic acids is 1. The quantitative estimate of drug-likeness (QED) is 0.527. The molecule has 5 rings (SSSR count). The van der Waals surface area contributed by atoms with Crippen LogP contribution in [-0.4, -0.2) is 49.6 Å². The summed E-state index contributed by atoms with van der Waals surface area (Å²) < 4.78 is 33.6. The van der Waals surface area contributed by atoms with Gasteiger partial charge in [0, 0.05) is 23.9 Å². The van der Waals surface area contributed by atoms with Crippen molar-refractivity contribution < 1.29 is 33.0 Å². The summed E-state index contributed by atoms with van der Waals surface area (Å²) in [6.07, 6.45) is 2.33. The molecular formula is C23H19F3N4O4. The highest BCUT2D eigenvalue weighted by atomic mass is 19.4. The normalized spacial score (nSPS) is 14.4. The molecule has 176 valence electrons. The first-order valence-corrected chi connectivity index (χ1v) is 10.3. The van der Waals surface area contributed by atoms with Crippen molar-refractivity contribution in [2.75, 3.05) is 6.54 Å². The van der Waals surface area contributed by atoms with Gasteiger partial charge in [0.25, 0.3) is 5.91 Å². The molecule has 0 saturated heterocycles. The van der Waals surface area contributed by atoms with Gasteiger partial charge in [-0.25, -0.2) is 4.79 Å². The van der Waals surface area contributed by atoms with Gasteiger partial charge in [0.15, 0.2) is 0 Å². The van der Waals surface area contributed by atoms with Crippen LogP contribution in [0.15, 0.2) is 36.5 Å². The van der Waals surface area contributed by atoms with Crippen molar-refractivity contribution >= 4 is 24.0 Å². The summed E-state index contributed by atoms with van der Waals surface area (Å²) in [6, 6.07) is 9.11. The average molecular weight is 472 g/mol. The van der Waals surface area contributed by atoms with Crippen LogP contribution in [0, 0.1) is 0 Å². The van der Waals surface area contributed by atoms with Gasteiger partial charge in [-0.2, -0.15) is 18.3 Å². The first-order chi connectivity index (χ1) is 16.1. The summed E-state index contributed by atoms with van der Waals surface area (Å²) in [5, 5.41) is 24.3. The number of carboxylic acid groups (broad SMARTS) is 1. The predicted octanol–water partition coefficient (Wildman–Crippen LogP) is 3.30. The number of hydrogen-bond acceptors (Lipinski definition) is 5. The molecule has 1 aliphatic carbocycles. The fourth-order valence-electron chi connectivity index (χ4n) is 3.81. The van der Waals surface area contributed by atoms with E-state index in [1.54, 1.807) is 12.1 Å². The fraction of sp³-hybridized carbons (Fsp3) is 0.217. The van der Waals surface area contributed by atoms with Gasteiger partial charge in [0.2, 0.25) is 0 Å². The van der Waals surface area contributed by atoms with Crippen LogP contribution in [0.25, 0.3) is 23.4 Å². The summed E-state index contributed by atoms with van der Waals surface area (Å²) in [7, 11) is 0. The summed E-state index contributed by atoms with van der Waals surface area (Å²) in [5.74, 6) is -2.55. The standard InChI is InChI=1S/C21H18N4O2.C2HF3O2/c26-16-3-1-2-13(10-16)4-6-15-11-18-14(12-23-15)5-7-17-19(18)24-25-9-8-22-21(27)20(17)25;3-2(4,5)1(6)7/h1-4,6,10-12,26H,5,7-9H2,(H,22,27);(H,6,7). The fourth-order valence-corrected chi connectivity index (χ4v) is 3.81. The number of rotatable bonds is 2. The summed E-state index contributed by atoms with van der Waals surface area (Å²) >= 11 is 0. The van der Waals surface area contributed by atoms with Gasteiger partial charge >= 0.3 is 12.1 Å². The zero-order chi connectivity index (χ0) is 24.5. The van der Waals surface area contributed by atoms with Crippen LogP contribution < -0.4 is 5.32 Å². The molecule has 0 saturated carbocycles. The van der Waals surface area contributed by atoms with E-state index in [-0.39, 0.29) is 11.7 Å². The minimum atomic E-state index is -5.08. The number of alkyl halides is 3. The van der Waals surface area contributed by atoms with E-state index in [0.29, 0.717) is 18.8 Å². The Hall–Kier alpha value is -4.15. The zero-order valence-corrected chi connectivity index (χ0v) is 17.6. The summed E-state index contributed by atoms with van der Waals surface area (Å²) in [6.45, 7) is 1.33. The predicted molar refractivity (Wildman–Crippen MR) is 116 cm³/mol. The van der Waals surface area contributed by atoms with Gasteiger partial charge in [-0.05, 0) is 48.2 Å². The number of halogens is 3. The number of fused-ring (bicyclic) bond motifs is 5. The highest BCUT2D eigenvalue weighted by Gasteiger charge is 2.38. The maximum Gasteiger partial charge on any atom is 0.490 e. The molecule has 0 radical (unpaired) electrons. The highest BCUT2D eigenvalue weighted by Crippen LogP contribution is 2.35. The first kappa shape index (κ1) is 23.0. The van der Waals surface area contributed by atoms with E-state index in [0.717, 1.165) is 46.5 Å². The van der Waals surface area contributed by atoms with Crippen molar-refractivity contribution in [1.82, 2.24) is 20.1 Å². The molecule has 0 bridgehead atoms. The number of aromatic hydroxyl groups is 1. The van der Waals surface area contributed by atoms with E-state index >= 15 is 0 Å². The van der Waals surface area contributed by atoms with Crippen LogP contribution in [-0.2, 0) is 24.2 Å². The molecule has 1 aromatic carbocycles. The van der Waals surface area contributed by atoms with Gasteiger partial charge in [0.05, 0.1) is 17.9 Å². The maximum absolute atomic E-state index is 12.3. The molecule has 2 aromatic heterocycles. The lowest BCUT2D eigenvalue weighted by molar-refractivity contribution is -0.192. The smallest absolute Gasteiger partial charge is 0.490 e. The Bertz CT molecular complexity index is 1300. The number of benzene rings is 1. The summed E-state index contributed by atoms with van der Waals surface area (Å²) in [4.78, 5) is 25.7. The number of nitrogens with one attached hydrogen (secondary N) is 1. The van der Waals surface area contributed by atoms with Crippen molar-refractivity contribution in [3.63, 3.8) is 0 Å². The number of nitrogens with zero attached hydrogens (tertiary/aromatic N) is 3. The Labute approximate surface area is 191 Å². The van der Waals surface area contributed by atoms with E-state index < -0.39 is 12.1 Å². The largest absolute Gasteiger partial charge is 0.508 e. The third-order valence-corrected chi connectivity index (χ3v) is 5.34. The number of carbonyl (C=O) groups is 2. The molecule has 0 unspecified atom stereocenters. The van der Waals surface area contributed by atoms with Gasteiger partial charge < -0.3 is 15.5 Å². The monoisotopic (exact) mass is 472 g/mol. The second kappa shape index (κ2) is 9.00. The third kappa shape index (κ3) is 4.77. The molecule has 3 aromatic rings. The topological polar surface area (TPSA) is 117 Å². The summed E-state index contributed by atoms with van der Waals surface area (Å²) in [5.41, 5.74) is 6.58. The molecule has 2 aliphatic rings. The number of hydrogen-bond donors (Lipinski definition) is 3. The number of pyridine rings is 1. The molecule has 8 nitrogen and oxygen atoms in total. The van der Waals surface area contributed by atoms with Crippen LogP contribution >= 0.6 is 0 Å². The van der Waals surface area contributed by atoms with Gasteiger partial charge in [-0.15, -0.1) is 0 Å². The molecule has 0 fully saturated rings. The van der Waals surface area contributed by atoms with Gasteiger partial charge in [-0.1, -0.05) is 18.2 Å². The third-order valence-electron chi connectivity index (χ3n) is 5.34. The molecule has 11 heteroatoms. The van der Waals surface area contributed by atoms with Crippen LogP contribution in [0.5, 0.6) is 5.75 Å². The molecular weight excluding hydrogens is 453 g/mol. The molecule has 0 spiro atoms. The maximum atomic E-state index is 12.3. The van der Waals surface area contributed by atoms with Crippen molar-refractivity contribution in [3.8, 4) is 17.0 Å². The lowest BCUT2D eigenvalue weighted by Gasteiger charge is -2.17. The molecule has 0 atom stereocenters. The first-order valence-electron chi connectivity index (χ1n) is 10.3. The van der Waals surface area contributed by atoms with Crippen molar-refractivity contribution in [2.45, 2.75) is 25.6 Å². The van der Waals surface area contributed by atoms with Gasteiger partial charge in [0.1, 0.15) is 11.4 Å². The molecule has 34 heavy (non-hydrogen) atoms. The lowest BCUT2D eigenvalue weighted by Crippen LogP contribution is -2.36. The lowest BCUT2D eigenvalue weighted by atomic mass is 9.89. The molecule has 1 aliphatic heterocycles. The Morgan fingerprint density at radius 3 is 2.65 bits per heavy atom. The van der Waals surface area contributed by atoms with E-state index in [1.807, 2.05) is 41.2 Å². The Morgan fingerprint density at radius 1 is 1.18 bits per heavy atom. The highest BCUT2D eigenvalue weighted by molar-refractivity contribution is 5.97. The van der Waals surface area contributed by atoms with Crippen LogP contribution in [0.3, 0.4) is 0 Å². The second-order valence-corrected chi connectivity index (χ2v) is 7.65. The van der Waals surface area contributed by atoms with Gasteiger partial charge in [-0.3, -0.25) is 14.5 Å². The van der Waals surface area contributed by atoms with E-state index in [1.165, 1.54) is 0 Å². The molecule has 3 heterocycles. The number of aryl methyl sites for hydroxylation is 1. The number of phenols is 1. The Morgan fingerprint density at radius 2 is 1.94 bits per heavy atom. The van der Waals surface area contributed by atoms with E-state index in [4.69, 9.17) is 15.0 Å². The van der Waals surface area contributed by atoms with Crippen LogP contribution in [0.1, 0.15) is 32.9 Å². The number of phenolic OH excluding ortho intramolecular Hbond substituents is 1. The molecule has 1 amide bonds. The average Bonchev–Trinajstić information content (AvgIpc) is 3.18. The number of amides is 1. The minimum Gasteiger partial charge on any atom is -0.508 e. The zero-order valence-electron chi connectivity index (χ0n) is 17.6. The minimum absolute atomic E-state index is 0.0310. The van der Waals surface area contributed by atoms with Crippen molar-refractivity contribution in [2.24, 2.45) is 0 Å². The SMILES string of the molecule is O=C(O)C(F)(F)F.O=C1NCCn2nc3c(c21)CCc1cnc(C=Cc2cccc(O)c2)cc1-3. The number of carbonyl (C=O) groups excluding carboxylic acids is 1. The van der Waals surface area contributed by atoms with E-state index in [9.17, 15) is 23.1 Å². The van der Waals surface area contributed by atoms with E-state index in [2.05, 4.69) is 10.3 Å². The molecule has 3 N–H and O–H groups in total. The Kier molecular flexibility index (Phi) is 6.10. The Balaban J connectivity index is 0.000000344. The van der Waals surface area contributed by atoms with Crippen LogP contribution in [0.4, 0.5) is 13.2 Å². The van der Waals surface area contributed by atoms with Crippen molar-refractivity contribution in [1.29, 1.82) is 0 Å². The number of aromatic nitrogens is 3. The second-order valence-electron chi connectivity index (χ2n) is 7.65. The van der Waals surface area contributed by atoms with Crippen molar-refractivity contribution in [3.05, 3.63) is 64.6 Å². The number of carboxylic acids is 1. The van der Waals surface area contributed by atoms with Crippen LogP contribution in [0.2, 0.25) is 0 Å².